The highest BCUT2D eigenvalue weighted by Gasteiger charge is 2.33. The zero-order valence-corrected chi connectivity index (χ0v) is 16.0. The van der Waals surface area contributed by atoms with Gasteiger partial charge in [-0.1, -0.05) is 13.8 Å². The van der Waals surface area contributed by atoms with Crippen molar-refractivity contribution in [3.8, 4) is 11.5 Å². The van der Waals surface area contributed by atoms with E-state index in [-0.39, 0.29) is 33.8 Å². The summed E-state index contributed by atoms with van der Waals surface area (Å²) >= 11 is 0. The third-order valence-corrected chi connectivity index (χ3v) is 4.65. The number of aliphatic hydroxyl groups excluding tert-OH is 1. The molecular weight excluding hydrogens is 348 g/mol. The summed E-state index contributed by atoms with van der Waals surface area (Å²) in [6.45, 7) is 7.30. The molecule has 0 fully saturated rings. The first-order valence-corrected chi connectivity index (χ1v) is 9.15. The van der Waals surface area contributed by atoms with Crippen molar-refractivity contribution in [3.05, 3.63) is 39.8 Å². The second-order valence-corrected chi connectivity index (χ2v) is 7.35. The van der Waals surface area contributed by atoms with Crippen molar-refractivity contribution in [1.29, 1.82) is 0 Å². The Balaban J connectivity index is 2.42. The summed E-state index contributed by atoms with van der Waals surface area (Å²) < 4.78 is 11.3. The van der Waals surface area contributed by atoms with Crippen LogP contribution in [0.4, 0.5) is 0 Å². The molecule has 2 heterocycles. The van der Waals surface area contributed by atoms with E-state index in [1.807, 2.05) is 20.8 Å². The van der Waals surface area contributed by atoms with E-state index in [2.05, 4.69) is 0 Å². The lowest BCUT2D eigenvalue weighted by Gasteiger charge is -2.31. The molecule has 2 aromatic rings. The van der Waals surface area contributed by atoms with Gasteiger partial charge < -0.3 is 19.4 Å². The maximum atomic E-state index is 12.8. The van der Waals surface area contributed by atoms with Gasteiger partial charge in [0.1, 0.15) is 17.1 Å². The van der Waals surface area contributed by atoms with E-state index in [4.69, 9.17) is 9.15 Å². The molecule has 6 heteroatoms. The SMILES string of the molecule is CCCC(=O)C1=CC(C)(C)Oc2cc(O)c3c([C@@H](O)CC)cc(=O)oc3c21. The van der Waals surface area contributed by atoms with E-state index in [0.717, 1.165) is 0 Å². The fourth-order valence-electron chi connectivity index (χ4n) is 3.46. The van der Waals surface area contributed by atoms with Crippen LogP contribution in [0.2, 0.25) is 0 Å². The van der Waals surface area contributed by atoms with E-state index in [1.54, 1.807) is 13.0 Å². The van der Waals surface area contributed by atoms with Crippen molar-refractivity contribution < 1.29 is 24.2 Å². The highest BCUT2D eigenvalue weighted by atomic mass is 16.5. The molecule has 0 saturated carbocycles. The molecule has 0 bridgehead atoms. The van der Waals surface area contributed by atoms with Crippen LogP contribution in [0.25, 0.3) is 16.5 Å². The van der Waals surface area contributed by atoms with E-state index in [1.165, 1.54) is 12.1 Å². The molecule has 1 aliphatic rings. The second kappa shape index (κ2) is 6.85. The molecule has 0 aliphatic carbocycles. The van der Waals surface area contributed by atoms with Crippen molar-refractivity contribution in [3.63, 3.8) is 0 Å². The molecule has 3 rings (SSSR count). The van der Waals surface area contributed by atoms with Crippen molar-refractivity contribution in [2.75, 3.05) is 0 Å². The number of ketones is 1. The average Bonchev–Trinajstić information content (AvgIpc) is 2.58. The number of hydrogen-bond donors (Lipinski definition) is 2. The molecule has 0 spiro atoms. The first kappa shape index (κ1) is 19.2. The highest BCUT2D eigenvalue weighted by molar-refractivity contribution is 6.25. The maximum Gasteiger partial charge on any atom is 0.336 e. The fourth-order valence-corrected chi connectivity index (χ4v) is 3.46. The number of Topliss-reactive ketones (excluding diaryl/α,β-unsaturated/α-hetero) is 1. The van der Waals surface area contributed by atoms with Crippen LogP contribution >= 0.6 is 0 Å². The summed E-state index contributed by atoms with van der Waals surface area (Å²) in [4.78, 5) is 24.9. The summed E-state index contributed by atoms with van der Waals surface area (Å²) in [5.74, 6) is 0.0134. The number of aromatic hydroxyl groups is 1. The molecular formula is C21H24O6. The number of phenolic OH excluding ortho intramolecular Hbond substituents is 1. The number of benzene rings is 1. The van der Waals surface area contributed by atoms with Gasteiger partial charge in [0.05, 0.1) is 17.1 Å². The van der Waals surface area contributed by atoms with E-state index in [9.17, 15) is 19.8 Å². The Morgan fingerprint density at radius 3 is 2.59 bits per heavy atom. The van der Waals surface area contributed by atoms with Crippen molar-refractivity contribution in [1.82, 2.24) is 0 Å². The van der Waals surface area contributed by atoms with Gasteiger partial charge >= 0.3 is 5.63 Å². The summed E-state index contributed by atoms with van der Waals surface area (Å²) in [6.07, 6.45) is 2.14. The lowest BCUT2D eigenvalue weighted by atomic mass is 9.88. The molecule has 1 atom stereocenters. The lowest BCUT2D eigenvalue weighted by molar-refractivity contribution is -0.113. The molecule has 27 heavy (non-hydrogen) atoms. The van der Waals surface area contributed by atoms with Crippen LogP contribution in [0.15, 0.2) is 27.4 Å². The standard InChI is InChI=1S/C21H24O6/c1-5-7-14(23)12-10-21(3,4)27-16-9-15(24)18-11(13(22)6-2)8-17(25)26-20(18)19(12)16/h8-10,13,22,24H,5-7H2,1-4H3/t13-/m0/s1. The Hall–Kier alpha value is -2.60. The van der Waals surface area contributed by atoms with Crippen LogP contribution in [0.3, 0.4) is 0 Å². The summed E-state index contributed by atoms with van der Waals surface area (Å²) in [7, 11) is 0. The maximum absolute atomic E-state index is 12.8. The smallest absolute Gasteiger partial charge is 0.336 e. The minimum Gasteiger partial charge on any atom is -0.507 e. The quantitative estimate of drug-likeness (QED) is 0.774. The van der Waals surface area contributed by atoms with Gasteiger partial charge in [0.2, 0.25) is 0 Å². The number of aliphatic hydroxyl groups is 1. The Labute approximate surface area is 157 Å². The van der Waals surface area contributed by atoms with Crippen molar-refractivity contribution >= 4 is 22.3 Å². The molecule has 2 N–H and O–H groups in total. The van der Waals surface area contributed by atoms with E-state index in [0.29, 0.717) is 30.4 Å². The third kappa shape index (κ3) is 3.37. The number of rotatable bonds is 5. The Morgan fingerprint density at radius 1 is 1.26 bits per heavy atom. The molecule has 0 amide bonds. The minimum atomic E-state index is -0.944. The van der Waals surface area contributed by atoms with Crippen LogP contribution in [-0.2, 0) is 4.79 Å². The number of phenols is 1. The Kier molecular flexibility index (Phi) is 4.86. The molecule has 1 aromatic carbocycles. The summed E-state index contributed by atoms with van der Waals surface area (Å²) in [6, 6.07) is 2.59. The van der Waals surface area contributed by atoms with Gasteiger partial charge in [0, 0.05) is 29.7 Å². The normalized spacial score (nSPS) is 16.4. The second-order valence-electron chi connectivity index (χ2n) is 7.35. The molecule has 0 saturated heterocycles. The number of allylic oxidation sites excluding steroid dienone is 1. The molecule has 0 radical (unpaired) electrons. The largest absolute Gasteiger partial charge is 0.507 e. The van der Waals surface area contributed by atoms with Crippen LogP contribution in [-0.4, -0.2) is 21.6 Å². The van der Waals surface area contributed by atoms with Crippen LogP contribution in [0.1, 0.15) is 64.2 Å². The monoisotopic (exact) mass is 372 g/mol. The van der Waals surface area contributed by atoms with Crippen molar-refractivity contribution in [2.45, 2.75) is 58.7 Å². The zero-order chi connectivity index (χ0) is 19.9. The minimum absolute atomic E-state index is 0.0613. The predicted octanol–water partition coefficient (Wildman–Crippen LogP) is 3.87. The van der Waals surface area contributed by atoms with Gasteiger partial charge in [-0.3, -0.25) is 4.79 Å². The third-order valence-electron chi connectivity index (χ3n) is 4.65. The first-order valence-electron chi connectivity index (χ1n) is 9.15. The average molecular weight is 372 g/mol. The highest BCUT2D eigenvalue weighted by Crippen LogP contribution is 2.46. The van der Waals surface area contributed by atoms with Crippen LogP contribution < -0.4 is 10.4 Å². The van der Waals surface area contributed by atoms with Crippen molar-refractivity contribution in [2.24, 2.45) is 0 Å². The van der Waals surface area contributed by atoms with Gasteiger partial charge in [0.25, 0.3) is 0 Å². The van der Waals surface area contributed by atoms with Crippen LogP contribution in [0.5, 0.6) is 11.5 Å². The summed E-state index contributed by atoms with van der Waals surface area (Å²) in [5, 5.41) is 21.1. The summed E-state index contributed by atoms with van der Waals surface area (Å²) in [5.41, 5.74) is -0.332. The molecule has 0 unspecified atom stereocenters. The lowest BCUT2D eigenvalue weighted by Crippen LogP contribution is -2.30. The van der Waals surface area contributed by atoms with Crippen LogP contribution in [0, 0.1) is 0 Å². The van der Waals surface area contributed by atoms with E-state index < -0.39 is 17.3 Å². The Bertz CT molecular complexity index is 996. The van der Waals surface area contributed by atoms with Gasteiger partial charge in [0.15, 0.2) is 11.4 Å². The fraction of sp³-hybridized carbons (Fsp3) is 0.429. The Morgan fingerprint density at radius 2 is 1.96 bits per heavy atom. The number of hydrogen-bond acceptors (Lipinski definition) is 6. The number of fused-ring (bicyclic) bond motifs is 3. The number of carbonyl (C=O) groups is 1. The number of carbonyl (C=O) groups excluding carboxylic acids is 1. The zero-order valence-electron chi connectivity index (χ0n) is 16.0. The van der Waals surface area contributed by atoms with Gasteiger partial charge in [-0.15, -0.1) is 0 Å². The van der Waals surface area contributed by atoms with E-state index >= 15 is 0 Å². The first-order chi connectivity index (χ1) is 12.7. The molecule has 144 valence electrons. The topological polar surface area (TPSA) is 97.0 Å². The van der Waals surface area contributed by atoms with Gasteiger partial charge in [-0.25, -0.2) is 4.79 Å². The van der Waals surface area contributed by atoms with Gasteiger partial charge in [-0.05, 0) is 32.8 Å². The molecule has 1 aromatic heterocycles. The molecule has 6 nitrogen and oxygen atoms in total. The van der Waals surface area contributed by atoms with Gasteiger partial charge in [-0.2, -0.15) is 0 Å². The molecule has 1 aliphatic heterocycles. The predicted molar refractivity (Wildman–Crippen MR) is 102 cm³/mol. The number of ether oxygens (including phenoxy) is 1.